The zero-order chi connectivity index (χ0) is 14.2. The van der Waals surface area contributed by atoms with E-state index in [0.717, 1.165) is 58.5 Å². The monoisotopic (exact) mass is 274 g/mol. The molecule has 0 amide bonds. The Morgan fingerprint density at radius 3 is 1.63 bits per heavy atom. The molecule has 0 saturated carbocycles. The number of hydrogen-bond acceptors (Lipinski definition) is 3. The third-order valence-corrected chi connectivity index (χ3v) is 2.97. The predicted molar refractivity (Wildman–Crippen MR) is 80.5 cm³/mol. The average molecular weight is 274 g/mol. The van der Waals surface area contributed by atoms with E-state index in [-0.39, 0.29) is 6.29 Å². The summed E-state index contributed by atoms with van der Waals surface area (Å²) in [6, 6.07) is 0. The summed E-state index contributed by atoms with van der Waals surface area (Å²) in [5, 5.41) is 0. The fourth-order valence-corrected chi connectivity index (χ4v) is 1.63. The van der Waals surface area contributed by atoms with Crippen molar-refractivity contribution < 1.29 is 14.2 Å². The van der Waals surface area contributed by atoms with Crippen molar-refractivity contribution >= 4 is 0 Å². The van der Waals surface area contributed by atoms with Crippen LogP contribution in [-0.2, 0) is 14.2 Å². The molecule has 0 aliphatic rings. The van der Waals surface area contributed by atoms with E-state index in [2.05, 4.69) is 20.8 Å². The molecular weight excluding hydrogens is 240 g/mol. The Morgan fingerprint density at radius 2 is 1.11 bits per heavy atom. The van der Waals surface area contributed by atoms with Gasteiger partial charge in [0.15, 0.2) is 6.29 Å². The second-order valence-electron chi connectivity index (χ2n) is 4.99. The SMILES string of the molecule is CCCCOCCCC(OCCCC)OCCCC. The van der Waals surface area contributed by atoms with E-state index in [4.69, 9.17) is 14.2 Å². The van der Waals surface area contributed by atoms with Crippen LogP contribution in [0.1, 0.15) is 72.1 Å². The van der Waals surface area contributed by atoms with Crippen LogP contribution < -0.4 is 0 Å². The normalized spacial score (nSPS) is 11.4. The molecule has 0 N–H and O–H groups in total. The van der Waals surface area contributed by atoms with Crippen LogP contribution in [0.5, 0.6) is 0 Å². The maximum Gasteiger partial charge on any atom is 0.157 e. The van der Waals surface area contributed by atoms with Crippen LogP contribution in [0.4, 0.5) is 0 Å². The molecule has 0 heterocycles. The Kier molecular flexibility index (Phi) is 15.8. The van der Waals surface area contributed by atoms with Crippen molar-refractivity contribution in [2.24, 2.45) is 0 Å². The minimum atomic E-state index is -0.0344. The van der Waals surface area contributed by atoms with Crippen LogP contribution in [0.15, 0.2) is 0 Å². The highest BCUT2D eigenvalue weighted by Crippen LogP contribution is 2.07. The van der Waals surface area contributed by atoms with Crippen LogP contribution in [0, 0.1) is 0 Å². The molecule has 0 bridgehead atoms. The first kappa shape index (κ1) is 18.9. The Hall–Kier alpha value is -0.120. The van der Waals surface area contributed by atoms with Crippen molar-refractivity contribution in [2.75, 3.05) is 26.4 Å². The third kappa shape index (κ3) is 14.1. The molecule has 3 heteroatoms. The molecule has 19 heavy (non-hydrogen) atoms. The summed E-state index contributed by atoms with van der Waals surface area (Å²) in [6.07, 6.45) is 8.84. The van der Waals surface area contributed by atoms with Crippen LogP contribution >= 0.6 is 0 Å². The van der Waals surface area contributed by atoms with Crippen molar-refractivity contribution in [3.05, 3.63) is 0 Å². The van der Waals surface area contributed by atoms with Gasteiger partial charge < -0.3 is 14.2 Å². The molecule has 3 nitrogen and oxygen atoms in total. The second kappa shape index (κ2) is 15.9. The van der Waals surface area contributed by atoms with Crippen LogP contribution in [0.3, 0.4) is 0 Å². The van der Waals surface area contributed by atoms with Gasteiger partial charge in [-0.1, -0.05) is 40.0 Å². The average Bonchev–Trinajstić information content (AvgIpc) is 2.42. The van der Waals surface area contributed by atoms with Gasteiger partial charge >= 0.3 is 0 Å². The smallest absolute Gasteiger partial charge is 0.157 e. The molecule has 116 valence electrons. The molecule has 0 aromatic carbocycles. The maximum atomic E-state index is 5.78. The van der Waals surface area contributed by atoms with Gasteiger partial charge in [-0.3, -0.25) is 0 Å². The number of hydrogen-bond donors (Lipinski definition) is 0. The van der Waals surface area contributed by atoms with Crippen molar-refractivity contribution in [1.29, 1.82) is 0 Å². The van der Waals surface area contributed by atoms with E-state index in [1.807, 2.05) is 0 Å². The third-order valence-electron chi connectivity index (χ3n) is 2.97. The molecule has 0 spiro atoms. The number of unbranched alkanes of at least 4 members (excludes halogenated alkanes) is 3. The Morgan fingerprint density at radius 1 is 0.632 bits per heavy atom. The molecule has 0 radical (unpaired) electrons. The van der Waals surface area contributed by atoms with Gasteiger partial charge in [-0.15, -0.1) is 0 Å². The number of rotatable bonds is 15. The van der Waals surface area contributed by atoms with E-state index < -0.39 is 0 Å². The predicted octanol–water partition coefficient (Wildman–Crippen LogP) is 4.54. The van der Waals surface area contributed by atoms with Gasteiger partial charge in [-0.2, -0.15) is 0 Å². The topological polar surface area (TPSA) is 27.7 Å². The first-order valence-corrected chi connectivity index (χ1v) is 8.16. The summed E-state index contributed by atoms with van der Waals surface area (Å²) in [5.41, 5.74) is 0. The molecule has 0 unspecified atom stereocenters. The highest BCUT2D eigenvalue weighted by molar-refractivity contribution is 4.48. The van der Waals surface area contributed by atoms with Gasteiger partial charge in [-0.05, 0) is 25.7 Å². The Balaban J connectivity index is 3.58. The maximum absolute atomic E-state index is 5.78. The largest absolute Gasteiger partial charge is 0.381 e. The first-order chi connectivity index (χ1) is 9.35. The van der Waals surface area contributed by atoms with Crippen molar-refractivity contribution in [2.45, 2.75) is 78.4 Å². The molecule has 0 aliphatic carbocycles. The van der Waals surface area contributed by atoms with Crippen LogP contribution in [0.2, 0.25) is 0 Å². The summed E-state index contributed by atoms with van der Waals surface area (Å²) >= 11 is 0. The fraction of sp³-hybridized carbons (Fsp3) is 1.00. The highest BCUT2D eigenvalue weighted by atomic mass is 16.7. The van der Waals surface area contributed by atoms with E-state index in [9.17, 15) is 0 Å². The Bertz CT molecular complexity index is 152. The molecular formula is C16H34O3. The highest BCUT2D eigenvalue weighted by Gasteiger charge is 2.08. The summed E-state index contributed by atoms with van der Waals surface area (Å²) < 4.78 is 17.1. The first-order valence-electron chi connectivity index (χ1n) is 8.16. The second-order valence-corrected chi connectivity index (χ2v) is 4.99. The molecule has 0 aliphatic heterocycles. The molecule has 0 rings (SSSR count). The summed E-state index contributed by atoms with van der Waals surface area (Å²) in [6.45, 7) is 9.87. The van der Waals surface area contributed by atoms with Gasteiger partial charge in [0.2, 0.25) is 0 Å². The minimum Gasteiger partial charge on any atom is -0.381 e. The summed E-state index contributed by atoms with van der Waals surface area (Å²) in [4.78, 5) is 0. The lowest BCUT2D eigenvalue weighted by Crippen LogP contribution is -2.19. The van der Waals surface area contributed by atoms with Gasteiger partial charge in [0.25, 0.3) is 0 Å². The molecule has 0 fully saturated rings. The Labute approximate surface area is 120 Å². The zero-order valence-corrected chi connectivity index (χ0v) is 13.3. The van der Waals surface area contributed by atoms with E-state index in [0.29, 0.717) is 0 Å². The fourth-order valence-electron chi connectivity index (χ4n) is 1.63. The molecule has 0 saturated heterocycles. The van der Waals surface area contributed by atoms with Crippen LogP contribution in [-0.4, -0.2) is 32.7 Å². The summed E-state index contributed by atoms with van der Waals surface area (Å²) in [7, 11) is 0. The van der Waals surface area contributed by atoms with Crippen molar-refractivity contribution in [1.82, 2.24) is 0 Å². The molecule has 0 aromatic rings. The van der Waals surface area contributed by atoms with Crippen molar-refractivity contribution in [3.63, 3.8) is 0 Å². The number of ether oxygens (including phenoxy) is 3. The van der Waals surface area contributed by atoms with Gasteiger partial charge in [0.05, 0.1) is 0 Å². The van der Waals surface area contributed by atoms with Crippen LogP contribution in [0.25, 0.3) is 0 Å². The lowest BCUT2D eigenvalue weighted by molar-refractivity contribution is -0.149. The van der Waals surface area contributed by atoms with E-state index in [1.165, 1.54) is 19.3 Å². The van der Waals surface area contributed by atoms with Gasteiger partial charge in [0.1, 0.15) is 0 Å². The lowest BCUT2D eigenvalue weighted by Gasteiger charge is -2.18. The van der Waals surface area contributed by atoms with Crippen molar-refractivity contribution in [3.8, 4) is 0 Å². The zero-order valence-electron chi connectivity index (χ0n) is 13.3. The quantitative estimate of drug-likeness (QED) is 0.324. The lowest BCUT2D eigenvalue weighted by atomic mass is 10.3. The van der Waals surface area contributed by atoms with E-state index >= 15 is 0 Å². The summed E-state index contributed by atoms with van der Waals surface area (Å²) in [5.74, 6) is 0. The minimum absolute atomic E-state index is 0.0344. The molecule has 0 aromatic heterocycles. The van der Waals surface area contributed by atoms with Gasteiger partial charge in [-0.25, -0.2) is 0 Å². The molecule has 0 atom stereocenters. The van der Waals surface area contributed by atoms with Gasteiger partial charge in [0, 0.05) is 32.8 Å². The standard InChI is InChI=1S/C16H34O3/c1-4-7-12-17-13-10-11-16(18-14-8-5-2)19-15-9-6-3/h16H,4-15H2,1-3H3. The van der Waals surface area contributed by atoms with E-state index in [1.54, 1.807) is 0 Å².